The maximum absolute atomic E-state index is 11.5. The highest BCUT2D eigenvalue weighted by Gasteiger charge is 2.09. The first-order valence-electron chi connectivity index (χ1n) is 5.21. The molecular formula is C12H14N2O2. The second kappa shape index (κ2) is 4.26. The lowest BCUT2D eigenvalue weighted by Gasteiger charge is -2.13. The lowest BCUT2D eigenvalue weighted by atomic mass is 10.2. The van der Waals surface area contributed by atoms with E-state index in [2.05, 4.69) is 4.98 Å². The number of rotatable bonds is 2. The first kappa shape index (κ1) is 10.5. The number of hydrogen-bond donors (Lipinski definition) is 1. The maximum Gasteiger partial charge on any atom is 0.414 e. The van der Waals surface area contributed by atoms with Crippen molar-refractivity contribution in [1.29, 1.82) is 0 Å². The molecule has 0 spiro atoms. The molecule has 2 rings (SSSR count). The Kier molecular flexibility index (Phi) is 2.81. The smallest absolute Gasteiger partial charge is 0.410 e. The molecule has 0 radical (unpaired) electrons. The third kappa shape index (κ3) is 2.00. The van der Waals surface area contributed by atoms with E-state index in [0.717, 1.165) is 10.9 Å². The predicted octanol–water partition coefficient (Wildman–Crippen LogP) is 2.62. The van der Waals surface area contributed by atoms with Crippen molar-refractivity contribution < 1.29 is 9.53 Å². The molecule has 2 aromatic rings. The number of amides is 1. The summed E-state index contributed by atoms with van der Waals surface area (Å²) in [6, 6.07) is 7.45. The van der Waals surface area contributed by atoms with Crippen LogP contribution in [0.25, 0.3) is 10.9 Å². The Morgan fingerprint density at radius 3 is 3.00 bits per heavy atom. The van der Waals surface area contributed by atoms with Gasteiger partial charge in [-0.15, -0.1) is 0 Å². The molecule has 0 aliphatic heterocycles. The van der Waals surface area contributed by atoms with Crippen LogP contribution in [-0.2, 0) is 0 Å². The molecule has 0 saturated carbocycles. The van der Waals surface area contributed by atoms with Gasteiger partial charge >= 0.3 is 6.09 Å². The summed E-state index contributed by atoms with van der Waals surface area (Å²) in [5, 5.41) is 1.03. The quantitative estimate of drug-likeness (QED) is 0.842. The number of fused-ring (bicyclic) bond motifs is 1. The molecule has 0 bridgehead atoms. The standard InChI is InChI=1S/C12H14N2O2/c1-3-14(2)12(15)16-10-4-5-11-9(8-10)6-7-13-11/h4-8,13H,3H2,1-2H3. The van der Waals surface area contributed by atoms with Crippen molar-refractivity contribution in [3.63, 3.8) is 0 Å². The van der Waals surface area contributed by atoms with Gasteiger partial charge in [0.2, 0.25) is 0 Å². The average molecular weight is 218 g/mol. The van der Waals surface area contributed by atoms with Crippen LogP contribution >= 0.6 is 0 Å². The van der Waals surface area contributed by atoms with E-state index in [1.54, 1.807) is 13.1 Å². The number of nitrogens with one attached hydrogen (secondary N) is 1. The molecule has 84 valence electrons. The molecule has 1 N–H and O–H groups in total. The van der Waals surface area contributed by atoms with Crippen molar-refractivity contribution >= 4 is 17.0 Å². The fraction of sp³-hybridized carbons (Fsp3) is 0.250. The van der Waals surface area contributed by atoms with E-state index in [4.69, 9.17) is 4.74 Å². The molecule has 16 heavy (non-hydrogen) atoms. The predicted molar refractivity (Wildman–Crippen MR) is 62.6 cm³/mol. The van der Waals surface area contributed by atoms with Crippen molar-refractivity contribution in [2.45, 2.75) is 6.92 Å². The highest BCUT2D eigenvalue weighted by molar-refractivity contribution is 5.82. The SMILES string of the molecule is CCN(C)C(=O)Oc1ccc2[nH]ccc2c1. The summed E-state index contributed by atoms with van der Waals surface area (Å²) in [7, 11) is 1.71. The van der Waals surface area contributed by atoms with Gasteiger partial charge < -0.3 is 14.6 Å². The molecular weight excluding hydrogens is 204 g/mol. The number of hydrogen-bond acceptors (Lipinski definition) is 2. The number of aromatic amines is 1. The van der Waals surface area contributed by atoms with E-state index >= 15 is 0 Å². The summed E-state index contributed by atoms with van der Waals surface area (Å²) < 4.78 is 5.22. The fourth-order valence-electron chi connectivity index (χ4n) is 1.40. The third-order valence-corrected chi connectivity index (χ3v) is 2.52. The van der Waals surface area contributed by atoms with E-state index in [1.165, 1.54) is 4.90 Å². The molecule has 0 fully saturated rings. The minimum absolute atomic E-state index is 0.336. The Morgan fingerprint density at radius 2 is 2.25 bits per heavy atom. The van der Waals surface area contributed by atoms with E-state index in [-0.39, 0.29) is 6.09 Å². The summed E-state index contributed by atoms with van der Waals surface area (Å²) in [5.41, 5.74) is 1.03. The first-order chi connectivity index (χ1) is 7.70. The minimum atomic E-state index is -0.336. The molecule has 1 aromatic heterocycles. The number of ether oxygens (including phenoxy) is 1. The molecule has 1 aromatic carbocycles. The summed E-state index contributed by atoms with van der Waals surface area (Å²) in [6.07, 6.45) is 1.52. The summed E-state index contributed by atoms with van der Waals surface area (Å²) in [5.74, 6) is 0.567. The Bertz CT molecular complexity index is 504. The van der Waals surface area contributed by atoms with Crippen molar-refractivity contribution in [2.75, 3.05) is 13.6 Å². The van der Waals surface area contributed by atoms with Crippen LogP contribution in [0.15, 0.2) is 30.5 Å². The molecule has 0 atom stereocenters. The van der Waals surface area contributed by atoms with E-state index < -0.39 is 0 Å². The van der Waals surface area contributed by atoms with Crippen molar-refractivity contribution in [3.8, 4) is 5.75 Å². The van der Waals surface area contributed by atoms with E-state index in [1.807, 2.05) is 31.3 Å². The third-order valence-electron chi connectivity index (χ3n) is 2.52. The van der Waals surface area contributed by atoms with Crippen LogP contribution < -0.4 is 4.74 Å². The highest BCUT2D eigenvalue weighted by atomic mass is 16.6. The normalized spacial score (nSPS) is 10.4. The van der Waals surface area contributed by atoms with E-state index in [9.17, 15) is 4.79 Å². The highest BCUT2D eigenvalue weighted by Crippen LogP contribution is 2.20. The van der Waals surface area contributed by atoms with Crippen LogP contribution in [0.5, 0.6) is 5.75 Å². The molecule has 0 aliphatic carbocycles. The zero-order valence-corrected chi connectivity index (χ0v) is 9.36. The van der Waals surface area contributed by atoms with E-state index in [0.29, 0.717) is 12.3 Å². The van der Waals surface area contributed by atoms with Crippen LogP contribution in [0.3, 0.4) is 0 Å². The molecule has 1 heterocycles. The van der Waals surface area contributed by atoms with Gasteiger partial charge in [0.1, 0.15) is 5.75 Å². The zero-order chi connectivity index (χ0) is 11.5. The number of nitrogens with zero attached hydrogens (tertiary/aromatic N) is 1. The molecule has 4 nitrogen and oxygen atoms in total. The maximum atomic E-state index is 11.5. The summed E-state index contributed by atoms with van der Waals surface area (Å²) >= 11 is 0. The summed E-state index contributed by atoms with van der Waals surface area (Å²) in [4.78, 5) is 16.1. The van der Waals surface area contributed by atoms with Crippen molar-refractivity contribution in [2.24, 2.45) is 0 Å². The number of carbonyl (C=O) groups is 1. The van der Waals surface area contributed by atoms with Crippen LogP contribution in [0.4, 0.5) is 4.79 Å². The molecule has 0 saturated heterocycles. The van der Waals surface area contributed by atoms with Crippen LogP contribution in [-0.4, -0.2) is 29.6 Å². The Hall–Kier alpha value is -1.97. The lowest BCUT2D eigenvalue weighted by Crippen LogP contribution is -2.29. The average Bonchev–Trinajstić information content (AvgIpc) is 2.75. The molecule has 0 unspecified atom stereocenters. The molecule has 0 aliphatic rings. The second-order valence-electron chi connectivity index (χ2n) is 3.61. The first-order valence-corrected chi connectivity index (χ1v) is 5.21. The van der Waals surface area contributed by atoms with Crippen LogP contribution in [0.1, 0.15) is 6.92 Å². The largest absolute Gasteiger partial charge is 0.414 e. The number of H-pyrrole nitrogens is 1. The van der Waals surface area contributed by atoms with Crippen LogP contribution in [0.2, 0.25) is 0 Å². The van der Waals surface area contributed by atoms with Crippen molar-refractivity contribution in [1.82, 2.24) is 9.88 Å². The Balaban J connectivity index is 2.17. The van der Waals surface area contributed by atoms with Gasteiger partial charge in [0.25, 0.3) is 0 Å². The van der Waals surface area contributed by atoms with Gasteiger partial charge in [0.05, 0.1) is 0 Å². The number of aromatic nitrogens is 1. The molecule has 4 heteroatoms. The minimum Gasteiger partial charge on any atom is -0.410 e. The van der Waals surface area contributed by atoms with Gasteiger partial charge in [0.15, 0.2) is 0 Å². The number of carbonyl (C=O) groups excluding carboxylic acids is 1. The Morgan fingerprint density at radius 1 is 1.44 bits per heavy atom. The van der Waals surface area contributed by atoms with Gasteiger partial charge in [-0.3, -0.25) is 0 Å². The van der Waals surface area contributed by atoms with Gasteiger partial charge in [-0.05, 0) is 31.2 Å². The zero-order valence-electron chi connectivity index (χ0n) is 9.36. The monoisotopic (exact) mass is 218 g/mol. The van der Waals surface area contributed by atoms with Gasteiger partial charge in [0, 0.05) is 30.7 Å². The van der Waals surface area contributed by atoms with Gasteiger partial charge in [-0.1, -0.05) is 0 Å². The second-order valence-corrected chi connectivity index (χ2v) is 3.61. The summed E-state index contributed by atoms with van der Waals surface area (Å²) in [6.45, 7) is 2.53. The number of benzene rings is 1. The fourth-order valence-corrected chi connectivity index (χ4v) is 1.40. The van der Waals surface area contributed by atoms with Crippen molar-refractivity contribution in [3.05, 3.63) is 30.5 Å². The van der Waals surface area contributed by atoms with Gasteiger partial charge in [-0.2, -0.15) is 0 Å². The molecule has 1 amide bonds. The Labute approximate surface area is 93.8 Å². The van der Waals surface area contributed by atoms with Gasteiger partial charge in [-0.25, -0.2) is 4.79 Å². The van der Waals surface area contributed by atoms with Crippen LogP contribution in [0, 0.1) is 0 Å². The lowest BCUT2D eigenvalue weighted by molar-refractivity contribution is 0.165. The topological polar surface area (TPSA) is 45.3 Å².